The van der Waals surface area contributed by atoms with Crippen LogP contribution in [0.5, 0.6) is 5.75 Å². The van der Waals surface area contributed by atoms with Gasteiger partial charge in [0.05, 0.1) is 24.1 Å². The predicted octanol–water partition coefficient (Wildman–Crippen LogP) is 3.27. The summed E-state index contributed by atoms with van der Waals surface area (Å²) in [4.78, 5) is 16.4. The molecule has 10 heteroatoms. The molecule has 0 radical (unpaired) electrons. The van der Waals surface area contributed by atoms with Crippen molar-refractivity contribution in [3.8, 4) is 34.3 Å². The highest BCUT2D eigenvalue weighted by Gasteiger charge is 2.22. The number of hydrogen-bond donors (Lipinski definition) is 1. The van der Waals surface area contributed by atoms with Crippen molar-refractivity contribution >= 4 is 17.2 Å². The van der Waals surface area contributed by atoms with Gasteiger partial charge >= 0.3 is 0 Å². The Balaban J connectivity index is 1.74. The van der Waals surface area contributed by atoms with Gasteiger partial charge in [0.15, 0.2) is 22.9 Å². The molecule has 2 aromatic heterocycles. The van der Waals surface area contributed by atoms with Crippen LogP contribution in [0.2, 0.25) is 0 Å². The molecule has 2 aromatic carbocycles. The van der Waals surface area contributed by atoms with Crippen LogP contribution in [-0.2, 0) is 7.05 Å². The molecular weight excluding hydrogens is 440 g/mol. The summed E-state index contributed by atoms with van der Waals surface area (Å²) in [6, 6.07) is 10.5. The molecule has 1 N–H and O–H groups in total. The zero-order chi connectivity index (χ0) is 23.8. The van der Waals surface area contributed by atoms with E-state index in [1.165, 1.54) is 31.4 Å². The number of nitrogens with zero attached hydrogens (tertiary/aromatic N) is 6. The fraction of sp³-hybridized carbons (Fsp3) is 0.250. The largest absolute Gasteiger partial charge is 0.494 e. The fourth-order valence-electron chi connectivity index (χ4n) is 4.10. The third-order valence-corrected chi connectivity index (χ3v) is 5.87. The first kappa shape index (κ1) is 21.7. The maximum absolute atomic E-state index is 14.6. The van der Waals surface area contributed by atoms with Gasteiger partial charge in [-0.15, -0.1) is 0 Å². The summed E-state index contributed by atoms with van der Waals surface area (Å²) in [5.74, 6) is -0.390. The van der Waals surface area contributed by atoms with Crippen LogP contribution in [0.1, 0.15) is 5.56 Å². The Morgan fingerprint density at radius 1 is 0.971 bits per heavy atom. The third kappa shape index (κ3) is 3.70. The maximum Gasteiger partial charge on any atom is 0.209 e. The van der Waals surface area contributed by atoms with Crippen molar-refractivity contribution in [1.82, 2.24) is 24.8 Å². The quantitative estimate of drug-likeness (QED) is 0.499. The number of nitrogens with one attached hydrogen (secondary N) is 1. The topological polar surface area (TPSA) is 91.9 Å². The van der Waals surface area contributed by atoms with Gasteiger partial charge in [0, 0.05) is 44.4 Å². The molecule has 0 bridgehead atoms. The van der Waals surface area contributed by atoms with Crippen LogP contribution in [0.15, 0.2) is 36.4 Å². The minimum absolute atomic E-state index is 0.0753. The molecule has 1 aliphatic heterocycles. The monoisotopic (exact) mass is 461 g/mol. The van der Waals surface area contributed by atoms with Gasteiger partial charge in [-0.25, -0.2) is 18.7 Å². The van der Waals surface area contributed by atoms with E-state index in [-0.39, 0.29) is 11.3 Å². The molecule has 3 heterocycles. The van der Waals surface area contributed by atoms with E-state index in [9.17, 15) is 8.78 Å². The first-order valence-electron chi connectivity index (χ1n) is 10.7. The van der Waals surface area contributed by atoms with Crippen molar-refractivity contribution in [3.63, 3.8) is 0 Å². The van der Waals surface area contributed by atoms with Gasteiger partial charge in [0.1, 0.15) is 11.9 Å². The lowest BCUT2D eigenvalue weighted by Gasteiger charge is -2.27. The second kappa shape index (κ2) is 8.68. The predicted molar refractivity (Wildman–Crippen MR) is 123 cm³/mol. The highest BCUT2D eigenvalue weighted by atomic mass is 19.1. The van der Waals surface area contributed by atoms with Crippen molar-refractivity contribution in [1.29, 1.82) is 5.26 Å². The van der Waals surface area contributed by atoms with Crippen molar-refractivity contribution in [2.45, 2.75) is 0 Å². The molecule has 0 aliphatic carbocycles. The summed E-state index contributed by atoms with van der Waals surface area (Å²) < 4.78 is 35.9. The van der Waals surface area contributed by atoms with Crippen LogP contribution in [0.25, 0.3) is 33.8 Å². The number of rotatable bonds is 4. The number of ether oxygens (including phenoxy) is 1. The lowest BCUT2D eigenvalue weighted by atomic mass is 10.0. The normalized spacial score (nSPS) is 13.8. The fourth-order valence-corrected chi connectivity index (χ4v) is 4.10. The summed E-state index contributed by atoms with van der Waals surface area (Å²) in [5, 5.41) is 12.4. The first-order valence-corrected chi connectivity index (χ1v) is 10.7. The number of hydrogen-bond acceptors (Lipinski definition) is 7. The van der Waals surface area contributed by atoms with Gasteiger partial charge in [-0.05, 0) is 30.3 Å². The maximum atomic E-state index is 14.6. The van der Waals surface area contributed by atoms with E-state index in [1.807, 2.05) is 17.7 Å². The minimum Gasteiger partial charge on any atom is -0.494 e. The van der Waals surface area contributed by atoms with Gasteiger partial charge < -0.3 is 15.0 Å². The van der Waals surface area contributed by atoms with E-state index < -0.39 is 11.6 Å². The van der Waals surface area contributed by atoms with Gasteiger partial charge in [0.2, 0.25) is 5.95 Å². The second-order valence-corrected chi connectivity index (χ2v) is 7.93. The van der Waals surface area contributed by atoms with E-state index in [1.54, 1.807) is 12.1 Å². The Morgan fingerprint density at radius 3 is 2.29 bits per heavy atom. The third-order valence-electron chi connectivity index (χ3n) is 5.87. The minimum atomic E-state index is -0.670. The van der Waals surface area contributed by atoms with E-state index in [0.29, 0.717) is 33.8 Å². The number of halogens is 2. The molecule has 1 saturated heterocycles. The van der Waals surface area contributed by atoms with Crippen LogP contribution in [0, 0.1) is 23.0 Å². The van der Waals surface area contributed by atoms with Crippen molar-refractivity contribution in [2.75, 3.05) is 38.2 Å². The molecule has 172 valence electrons. The Hall–Kier alpha value is -4.10. The van der Waals surface area contributed by atoms with Crippen molar-refractivity contribution in [2.24, 2.45) is 7.05 Å². The second-order valence-electron chi connectivity index (χ2n) is 7.93. The number of anilines is 1. The molecule has 34 heavy (non-hydrogen) atoms. The Bertz CT molecular complexity index is 1440. The summed E-state index contributed by atoms with van der Waals surface area (Å²) in [6.45, 7) is 3.27. The number of aromatic nitrogens is 4. The van der Waals surface area contributed by atoms with Crippen molar-refractivity contribution < 1.29 is 13.5 Å². The number of aryl methyl sites for hydroxylation is 1. The Morgan fingerprint density at radius 2 is 1.65 bits per heavy atom. The van der Waals surface area contributed by atoms with E-state index in [2.05, 4.69) is 10.2 Å². The zero-order valence-electron chi connectivity index (χ0n) is 18.6. The van der Waals surface area contributed by atoms with E-state index >= 15 is 0 Å². The summed E-state index contributed by atoms with van der Waals surface area (Å²) in [6.07, 6.45) is 0. The smallest absolute Gasteiger partial charge is 0.209 e. The highest BCUT2D eigenvalue weighted by Crippen LogP contribution is 2.34. The SMILES string of the molecule is COc1ccc(-c2nc3c(nc2-c2ccc(C#N)c(F)c2)nc(N2CCNCC2)n3C)cc1F. The molecule has 4 aromatic rings. The molecular formula is C24H21F2N7O. The van der Waals surface area contributed by atoms with Gasteiger partial charge in [-0.1, -0.05) is 6.07 Å². The average molecular weight is 461 g/mol. The Kier molecular flexibility index (Phi) is 5.55. The first-order chi connectivity index (χ1) is 16.5. The molecule has 0 amide bonds. The number of benzene rings is 2. The van der Waals surface area contributed by atoms with Gasteiger partial charge in [-0.3, -0.25) is 4.57 Å². The van der Waals surface area contributed by atoms with Gasteiger partial charge in [-0.2, -0.15) is 10.2 Å². The lowest BCUT2D eigenvalue weighted by molar-refractivity contribution is 0.386. The molecule has 0 unspecified atom stereocenters. The summed E-state index contributed by atoms with van der Waals surface area (Å²) in [5.41, 5.74) is 2.42. The zero-order valence-corrected chi connectivity index (χ0v) is 18.6. The summed E-state index contributed by atoms with van der Waals surface area (Å²) >= 11 is 0. The molecule has 1 fully saturated rings. The molecule has 0 saturated carbocycles. The number of nitriles is 1. The Labute approximate surface area is 194 Å². The lowest BCUT2D eigenvalue weighted by Crippen LogP contribution is -2.44. The molecule has 1 aliphatic rings. The average Bonchev–Trinajstić information content (AvgIpc) is 3.19. The van der Waals surface area contributed by atoms with Crippen LogP contribution in [0.4, 0.5) is 14.7 Å². The van der Waals surface area contributed by atoms with Crippen molar-refractivity contribution in [3.05, 3.63) is 53.6 Å². The molecule has 8 nitrogen and oxygen atoms in total. The molecule has 0 spiro atoms. The van der Waals surface area contributed by atoms with E-state index in [4.69, 9.17) is 25.0 Å². The van der Waals surface area contributed by atoms with Crippen LogP contribution in [0.3, 0.4) is 0 Å². The van der Waals surface area contributed by atoms with E-state index in [0.717, 1.165) is 32.1 Å². The molecule has 5 rings (SSSR count). The molecule has 0 atom stereocenters. The number of methoxy groups -OCH3 is 1. The van der Waals surface area contributed by atoms with Crippen LogP contribution >= 0.6 is 0 Å². The number of fused-ring (bicyclic) bond motifs is 1. The number of piperazine rings is 1. The summed E-state index contributed by atoms with van der Waals surface area (Å²) in [7, 11) is 3.25. The van der Waals surface area contributed by atoms with Crippen LogP contribution < -0.4 is 15.0 Å². The number of imidazole rings is 1. The van der Waals surface area contributed by atoms with Gasteiger partial charge in [0.25, 0.3) is 0 Å². The highest BCUT2D eigenvalue weighted by molar-refractivity contribution is 5.85. The van der Waals surface area contributed by atoms with Crippen LogP contribution in [-0.4, -0.2) is 52.8 Å². The standard InChI is InChI=1S/C24H21F2N7O/c1-32-23-22(31-24(32)33-9-7-28-8-10-33)29-20(14-3-4-16(13-27)17(25)11-14)21(30-23)15-5-6-19(34-2)18(26)12-15/h3-6,11-12,28H,7-10H2,1-2H3.